The van der Waals surface area contributed by atoms with E-state index in [1.54, 1.807) is 0 Å². The van der Waals surface area contributed by atoms with Crippen molar-refractivity contribution < 1.29 is 41.6 Å². The van der Waals surface area contributed by atoms with Crippen LogP contribution < -0.4 is 17.0 Å². The molecule has 18 nitrogen and oxygen atoms in total. The largest absolute Gasteiger partial charge is 0.397 e. The van der Waals surface area contributed by atoms with Gasteiger partial charge in [0.05, 0.1) is 30.5 Å². The van der Waals surface area contributed by atoms with Crippen LogP contribution in [-0.2, 0) is 46.7 Å². The van der Waals surface area contributed by atoms with Gasteiger partial charge in [0.15, 0.2) is 34.7 Å². The van der Waals surface area contributed by atoms with Crippen LogP contribution in [0.25, 0.3) is 22.3 Å². The number of imidazole rings is 1. The van der Waals surface area contributed by atoms with Crippen LogP contribution in [0.2, 0.25) is 0 Å². The number of H-pyrrole nitrogens is 1. The maximum Gasteiger partial charge on any atom is 0.325 e. The number of halogens is 2. The van der Waals surface area contributed by atoms with E-state index >= 15 is 8.78 Å². The summed E-state index contributed by atoms with van der Waals surface area (Å²) < 4.78 is 62.9. The number of alkyl halides is 2. The van der Waals surface area contributed by atoms with Crippen molar-refractivity contribution >= 4 is 82.5 Å². The minimum absolute atomic E-state index is 0.0194. The highest BCUT2D eigenvalue weighted by atomic mass is 32.5. The van der Waals surface area contributed by atoms with Crippen molar-refractivity contribution in [3.8, 4) is 0 Å². The van der Waals surface area contributed by atoms with Crippen molar-refractivity contribution in [2.45, 2.75) is 47.5 Å². The molecule has 7 heterocycles. The van der Waals surface area contributed by atoms with Gasteiger partial charge >= 0.3 is 6.72 Å². The van der Waals surface area contributed by atoms with E-state index in [0.29, 0.717) is 0 Å². The van der Waals surface area contributed by atoms with E-state index in [0.717, 1.165) is 16.4 Å². The number of thioether (sulfide) groups is 1. The third kappa shape index (κ3) is 5.86. The van der Waals surface area contributed by atoms with Gasteiger partial charge in [-0.25, -0.2) is 18.7 Å². The van der Waals surface area contributed by atoms with Gasteiger partial charge in [0.1, 0.15) is 36.2 Å². The van der Waals surface area contributed by atoms with Crippen molar-refractivity contribution in [2.24, 2.45) is 0 Å². The highest BCUT2D eigenvalue weighted by Gasteiger charge is 2.52. The maximum absolute atomic E-state index is 16.0. The first kappa shape index (κ1) is 32.3. The van der Waals surface area contributed by atoms with E-state index in [1.807, 2.05) is 0 Å². The van der Waals surface area contributed by atoms with Gasteiger partial charge in [0.25, 0.3) is 5.56 Å². The molecular weight excluding hydrogens is 716 g/mol. The second kappa shape index (κ2) is 12.0. The molecule has 3 aliphatic heterocycles. The predicted molar refractivity (Wildman–Crippen MR) is 166 cm³/mol. The van der Waals surface area contributed by atoms with Crippen molar-refractivity contribution in [3.63, 3.8) is 0 Å². The lowest BCUT2D eigenvalue weighted by atomic mass is 10.1. The molecule has 2 bridgehead atoms. The van der Waals surface area contributed by atoms with E-state index < -0.39 is 85.8 Å². The van der Waals surface area contributed by atoms with Crippen molar-refractivity contribution in [1.29, 1.82) is 0 Å². The Bertz CT molecular complexity index is 1970. The number of rotatable bonds is 2. The van der Waals surface area contributed by atoms with Crippen LogP contribution in [0, 0.1) is 0 Å². The van der Waals surface area contributed by atoms with E-state index in [2.05, 4.69) is 30.2 Å². The molecule has 248 valence electrons. The van der Waals surface area contributed by atoms with Gasteiger partial charge < -0.3 is 39.8 Å². The lowest BCUT2D eigenvalue weighted by Gasteiger charge is -2.28. The van der Waals surface area contributed by atoms with Gasteiger partial charge in [-0.15, -0.1) is 16.9 Å². The van der Waals surface area contributed by atoms with Gasteiger partial charge in [0, 0.05) is 6.20 Å². The number of ether oxygens (including phenoxy) is 2. The second-order valence-corrected chi connectivity index (χ2v) is 18.1. The number of hydrogen-bond acceptors (Lipinski definition) is 16. The van der Waals surface area contributed by atoms with Gasteiger partial charge in [-0.2, -0.15) is 9.67 Å². The molecule has 3 fully saturated rings. The molecule has 0 saturated carbocycles. The Labute approximate surface area is 270 Å². The second-order valence-electron chi connectivity index (χ2n) is 10.4. The summed E-state index contributed by atoms with van der Waals surface area (Å²) in [5.74, 6) is -0.208. The highest BCUT2D eigenvalue weighted by molar-refractivity contribution is 8.09. The number of nitrogens with two attached hydrogens (primary N) is 2. The number of nitrogens with zero attached hydrogens (tertiary/aromatic N) is 7. The summed E-state index contributed by atoms with van der Waals surface area (Å²) in [6, 6.07) is 1.50. The summed E-state index contributed by atoms with van der Waals surface area (Å²) in [4.78, 5) is 49.0. The maximum atomic E-state index is 16.0. The highest BCUT2D eigenvalue weighted by Crippen LogP contribution is 2.56. The molecule has 4 aromatic heterocycles. The summed E-state index contributed by atoms with van der Waals surface area (Å²) in [6.07, 6.45) is -7.45. The Morgan fingerprint density at radius 2 is 1.89 bits per heavy atom. The summed E-state index contributed by atoms with van der Waals surface area (Å²) in [5, 5.41) is 5.85. The molecular formula is C21H24F2N10O8P2S3. The number of hydrogen-bond donors (Lipinski definition) is 5. The molecule has 10 atom stereocenters. The monoisotopic (exact) mass is 740 g/mol. The van der Waals surface area contributed by atoms with Crippen LogP contribution >= 0.6 is 25.0 Å². The third-order valence-corrected chi connectivity index (χ3v) is 12.2. The van der Waals surface area contributed by atoms with Gasteiger partial charge in [-0.3, -0.25) is 18.9 Å². The van der Waals surface area contributed by atoms with Crippen molar-refractivity contribution in [3.05, 3.63) is 28.9 Å². The van der Waals surface area contributed by atoms with E-state index in [9.17, 15) is 14.6 Å². The van der Waals surface area contributed by atoms with E-state index in [4.69, 9.17) is 58.1 Å². The molecule has 25 heteroatoms. The number of anilines is 2. The van der Waals surface area contributed by atoms with Gasteiger partial charge in [-0.1, -0.05) is 5.21 Å². The predicted octanol–water partition coefficient (Wildman–Crippen LogP) is 0.605. The summed E-state index contributed by atoms with van der Waals surface area (Å²) in [6.45, 7) is -9.06. The number of nitrogens with one attached hydrogen (secondary N) is 1. The standard InChI is InChI=1S/C21H24F2N10O8P2S3/c22-10-9-4-38-42(35,44)6-37-14-8(40-19(11(14)23)33-16-12(30-31-33)7(24)1-2-26-16)3-39-43(36,45)41-15(10)20(46-9)32-5-27-13-17(32)28-21(25)29-18(13)34/h1-2,5,8-11,14-15,19-20H,3-4,6H2,(H2,24,26)(H,35,44)(H,36,45)(H3,25,28,29,34)/t8-,9-,10-,11+,14-,15-,19-,20-,42?,43?/m1/s1. The number of nitrogen functional groups attached to an aromatic ring is 2. The quantitative estimate of drug-likeness (QED) is 0.177. The molecule has 7 N–H and O–H groups in total. The first-order chi connectivity index (χ1) is 21.8. The van der Waals surface area contributed by atoms with E-state index in [-0.39, 0.29) is 34.0 Å². The number of pyridine rings is 1. The zero-order valence-corrected chi connectivity index (χ0v) is 27.2. The first-order valence-electron chi connectivity index (χ1n) is 13.3. The molecule has 0 spiro atoms. The molecule has 3 saturated heterocycles. The fourth-order valence-corrected chi connectivity index (χ4v) is 9.56. The molecule has 3 aliphatic rings. The van der Waals surface area contributed by atoms with Gasteiger partial charge in [-0.05, 0) is 29.7 Å². The van der Waals surface area contributed by atoms with Crippen LogP contribution in [-0.4, -0.2) is 105 Å². The molecule has 0 amide bonds. The third-order valence-electron chi connectivity index (χ3n) is 7.42. The molecule has 0 aromatic carbocycles. The summed E-state index contributed by atoms with van der Waals surface area (Å²) >= 11 is 11.5. The molecule has 7 rings (SSSR count). The van der Waals surface area contributed by atoms with Crippen LogP contribution in [0.4, 0.5) is 20.4 Å². The fourth-order valence-electron chi connectivity index (χ4n) is 5.31. The number of fused-ring (bicyclic) bond motifs is 5. The van der Waals surface area contributed by atoms with Crippen LogP contribution in [0.1, 0.15) is 11.6 Å². The fraction of sp³-hybridized carbons (Fsp3) is 0.524. The molecule has 4 aromatic rings. The molecule has 0 radical (unpaired) electrons. The minimum atomic E-state index is -4.28. The Morgan fingerprint density at radius 1 is 1.09 bits per heavy atom. The first-order valence-corrected chi connectivity index (χ1v) is 19.7. The zero-order chi connectivity index (χ0) is 32.5. The Balaban J connectivity index is 1.20. The van der Waals surface area contributed by atoms with Gasteiger partial charge in [0.2, 0.25) is 12.4 Å². The SMILES string of the molecule is Nc1nc2c(ncn2[C@@H]2S[C@@H]3COP(O)(=S)CO[C@H]4[C@H](F)[C@H](n5nnc6c(N)ccnc65)O[C@@H]4COP(O)(=S)O[C@@H]2[C@@H]3F)c(=O)[nH]1. The Hall–Kier alpha value is -2.27. The van der Waals surface area contributed by atoms with Crippen molar-refractivity contribution in [1.82, 2.24) is 39.5 Å². The normalized spacial score (nSPS) is 37.4. The number of aromatic amines is 1. The summed E-state index contributed by atoms with van der Waals surface area (Å²) in [7, 11) is 0. The lowest BCUT2D eigenvalue weighted by Crippen LogP contribution is -2.36. The topological polar surface area (TPSA) is 246 Å². The average Bonchev–Trinajstić information content (AvgIpc) is 3.75. The van der Waals surface area contributed by atoms with Crippen LogP contribution in [0.15, 0.2) is 23.4 Å². The summed E-state index contributed by atoms with van der Waals surface area (Å²) in [5.41, 5.74) is 11.6. The molecule has 2 unspecified atom stereocenters. The lowest BCUT2D eigenvalue weighted by molar-refractivity contribution is -0.0589. The number of aromatic nitrogens is 8. The van der Waals surface area contributed by atoms with E-state index in [1.165, 1.54) is 23.2 Å². The van der Waals surface area contributed by atoms with Crippen molar-refractivity contribution in [2.75, 3.05) is 31.0 Å². The molecule has 46 heavy (non-hydrogen) atoms. The Kier molecular flexibility index (Phi) is 8.43. The van der Waals surface area contributed by atoms with Crippen LogP contribution in [0.5, 0.6) is 0 Å². The Morgan fingerprint density at radius 3 is 2.70 bits per heavy atom. The zero-order valence-electron chi connectivity index (χ0n) is 23.0. The molecule has 0 aliphatic carbocycles. The van der Waals surface area contributed by atoms with Crippen LogP contribution in [0.3, 0.4) is 0 Å². The minimum Gasteiger partial charge on any atom is -0.397 e. The average molecular weight is 741 g/mol. The smallest absolute Gasteiger partial charge is 0.325 e.